The van der Waals surface area contributed by atoms with Gasteiger partial charge in [-0.2, -0.15) is 0 Å². The van der Waals surface area contributed by atoms with Gasteiger partial charge >= 0.3 is 6.01 Å². The maximum atomic E-state index is 9.01. The van der Waals surface area contributed by atoms with Crippen molar-refractivity contribution in [1.29, 1.82) is 0 Å². The van der Waals surface area contributed by atoms with Crippen molar-refractivity contribution < 1.29 is 9.84 Å². The molecule has 1 N–H and O–H groups in total. The molecule has 1 heterocycles. The number of ether oxygens (including phenoxy) is 1. The van der Waals surface area contributed by atoms with Crippen molar-refractivity contribution in [3.05, 3.63) is 63.9 Å². The Morgan fingerprint density at radius 2 is 1.96 bits per heavy atom. The molecule has 148 valence electrons. The van der Waals surface area contributed by atoms with Crippen molar-refractivity contribution in [3.8, 4) is 18.4 Å². The Kier molecular flexibility index (Phi) is 11.9. The molecule has 0 saturated heterocycles. The van der Waals surface area contributed by atoms with Crippen LogP contribution >= 0.6 is 34.8 Å². The maximum Gasteiger partial charge on any atom is 0.335 e. The first-order valence-corrected chi connectivity index (χ1v) is 9.50. The number of alkyl halides is 1. The van der Waals surface area contributed by atoms with Crippen molar-refractivity contribution in [1.82, 2.24) is 15.2 Å². The van der Waals surface area contributed by atoms with E-state index in [2.05, 4.69) is 27.5 Å². The first kappa shape index (κ1) is 23.9. The molecule has 8 heteroatoms. The highest BCUT2D eigenvalue weighted by molar-refractivity contribution is 6.30. The summed E-state index contributed by atoms with van der Waals surface area (Å²) in [7, 11) is 0. The van der Waals surface area contributed by atoms with Gasteiger partial charge in [-0.1, -0.05) is 46.5 Å². The van der Waals surface area contributed by atoms with Crippen LogP contribution in [0, 0.1) is 12.3 Å². The molecule has 0 aliphatic carbocycles. The number of aliphatic hydroxyl groups excluding tert-OH is 1. The molecule has 0 fully saturated rings. The molecule has 0 saturated carbocycles. The van der Waals surface area contributed by atoms with Crippen molar-refractivity contribution in [2.24, 2.45) is 0 Å². The molecule has 0 radical (unpaired) electrons. The number of halogens is 3. The summed E-state index contributed by atoms with van der Waals surface area (Å²) in [6.45, 7) is 1.80. The fourth-order valence-corrected chi connectivity index (χ4v) is 2.32. The largest absolute Gasteiger partial charge is 0.462 e. The quantitative estimate of drug-likeness (QED) is 0.371. The molecule has 1 aromatic heterocycles. The van der Waals surface area contributed by atoms with Crippen molar-refractivity contribution in [3.63, 3.8) is 0 Å². The van der Waals surface area contributed by atoms with Gasteiger partial charge in [-0.25, -0.2) is 4.98 Å². The lowest BCUT2D eigenvalue weighted by molar-refractivity contribution is 0.291. The van der Waals surface area contributed by atoms with Crippen LogP contribution < -0.4 is 4.74 Å². The van der Waals surface area contributed by atoms with E-state index in [1.54, 1.807) is 19.1 Å². The third-order valence-corrected chi connectivity index (χ3v) is 3.77. The summed E-state index contributed by atoms with van der Waals surface area (Å²) in [5.41, 5.74) is 2.21. The summed E-state index contributed by atoms with van der Waals surface area (Å²) in [6, 6.07) is 7.72. The minimum Gasteiger partial charge on any atom is -0.462 e. The predicted octanol–water partition coefficient (Wildman–Crippen LogP) is 4.52. The SMILES string of the molecule is C#CC.OC/C(Cl)=C\C(=C/CCl)c1cnc(OCCc2ccc(Cl)cc2)nn1. The Labute approximate surface area is 180 Å². The van der Waals surface area contributed by atoms with E-state index in [-0.39, 0.29) is 23.5 Å². The van der Waals surface area contributed by atoms with Crippen LogP contribution in [0.15, 0.2) is 47.6 Å². The lowest BCUT2D eigenvalue weighted by Crippen LogP contribution is -2.06. The van der Waals surface area contributed by atoms with Crippen LogP contribution in [0.4, 0.5) is 0 Å². The predicted molar refractivity (Wildman–Crippen MR) is 115 cm³/mol. The number of hydrogen-bond acceptors (Lipinski definition) is 5. The second-order valence-electron chi connectivity index (χ2n) is 5.20. The third-order valence-electron chi connectivity index (χ3n) is 3.13. The minimum absolute atomic E-state index is 0.181. The summed E-state index contributed by atoms with van der Waals surface area (Å²) in [6.07, 6.45) is 10.1. The van der Waals surface area contributed by atoms with E-state index in [0.717, 1.165) is 5.56 Å². The first-order valence-electron chi connectivity index (χ1n) is 8.21. The van der Waals surface area contributed by atoms with Gasteiger partial charge in [0, 0.05) is 27.9 Å². The highest BCUT2D eigenvalue weighted by atomic mass is 35.5. The number of aliphatic hydroxyl groups is 1. The van der Waals surface area contributed by atoms with Crippen LogP contribution in [0.1, 0.15) is 18.2 Å². The normalized spacial score (nSPS) is 11.3. The fourth-order valence-electron chi connectivity index (χ4n) is 1.91. The van der Waals surface area contributed by atoms with Gasteiger partial charge in [0.25, 0.3) is 0 Å². The molecule has 0 atom stereocenters. The van der Waals surface area contributed by atoms with E-state index in [0.29, 0.717) is 29.3 Å². The highest BCUT2D eigenvalue weighted by Crippen LogP contribution is 2.17. The van der Waals surface area contributed by atoms with Gasteiger partial charge in [0.1, 0.15) is 5.69 Å². The van der Waals surface area contributed by atoms with E-state index in [9.17, 15) is 0 Å². The van der Waals surface area contributed by atoms with E-state index < -0.39 is 0 Å². The van der Waals surface area contributed by atoms with Crippen LogP contribution in [-0.2, 0) is 6.42 Å². The highest BCUT2D eigenvalue weighted by Gasteiger charge is 2.06. The number of hydrogen-bond donors (Lipinski definition) is 1. The lowest BCUT2D eigenvalue weighted by atomic mass is 10.2. The van der Waals surface area contributed by atoms with Gasteiger partial charge in [0.2, 0.25) is 0 Å². The van der Waals surface area contributed by atoms with Crippen molar-refractivity contribution in [2.45, 2.75) is 13.3 Å². The van der Waals surface area contributed by atoms with Crippen molar-refractivity contribution in [2.75, 3.05) is 19.1 Å². The molecule has 2 aromatic rings. The molecule has 0 amide bonds. The monoisotopic (exact) mass is 439 g/mol. The number of allylic oxidation sites excluding steroid dienone is 3. The number of nitrogens with zero attached hydrogens (tertiary/aromatic N) is 3. The van der Waals surface area contributed by atoms with Crippen LogP contribution in [-0.4, -0.2) is 39.4 Å². The molecular formula is C20H20Cl3N3O2. The number of terminal acetylenes is 1. The lowest BCUT2D eigenvalue weighted by Gasteiger charge is -2.05. The number of aromatic nitrogens is 3. The van der Waals surface area contributed by atoms with Gasteiger partial charge in [0.15, 0.2) is 0 Å². The number of rotatable bonds is 8. The molecule has 0 bridgehead atoms. The Hall–Kier alpha value is -2.10. The van der Waals surface area contributed by atoms with Gasteiger partial charge in [-0.15, -0.1) is 29.0 Å². The molecule has 0 spiro atoms. The molecule has 28 heavy (non-hydrogen) atoms. The van der Waals surface area contributed by atoms with Gasteiger partial charge in [-0.05, 0) is 30.7 Å². The van der Waals surface area contributed by atoms with E-state index in [1.165, 1.54) is 6.20 Å². The average Bonchev–Trinajstić information content (AvgIpc) is 2.70. The third kappa shape index (κ3) is 9.20. The Morgan fingerprint density at radius 1 is 1.29 bits per heavy atom. The summed E-state index contributed by atoms with van der Waals surface area (Å²) in [5.74, 6) is 2.52. The summed E-state index contributed by atoms with van der Waals surface area (Å²) in [4.78, 5) is 4.12. The van der Waals surface area contributed by atoms with Crippen LogP contribution in [0.2, 0.25) is 5.02 Å². The van der Waals surface area contributed by atoms with Crippen LogP contribution in [0.25, 0.3) is 5.57 Å². The first-order chi connectivity index (χ1) is 13.5. The van der Waals surface area contributed by atoms with E-state index in [4.69, 9.17) is 44.6 Å². The molecule has 0 aliphatic heterocycles. The number of benzene rings is 1. The summed E-state index contributed by atoms with van der Waals surface area (Å²) < 4.78 is 5.49. The van der Waals surface area contributed by atoms with Crippen LogP contribution in [0.5, 0.6) is 6.01 Å². The molecule has 1 aromatic carbocycles. The van der Waals surface area contributed by atoms with Gasteiger partial charge in [0.05, 0.1) is 19.4 Å². The van der Waals surface area contributed by atoms with Gasteiger partial charge in [-0.3, -0.25) is 0 Å². The van der Waals surface area contributed by atoms with E-state index >= 15 is 0 Å². The second-order valence-corrected chi connectivity index (χ2v) is 6.43. The zero-order chi connectivity index (χ0) is 20.8. The molecule has 0 aliphatic rings. The van der Waals surface area contributed by atoms with Crippen molar-refractivity contribution >= 4 is 40.4 Å². The maximum absolute atomic E-state index is 9.01. The Morgan fingerprint density at radius 3 is 2.50 bits per heavy atom. The second kappa shape index (κ2) is 14.0. The minimum atomic E-state index is -0.270. The Bertz CT molecular complexity index is 814. The zero-order valence-corrected chi connectivity index (χ0v) is 17.5. The summed E-state index contributed by atoms with van der Waals surface area (Å²) in [5, 5.41) is 18.0. The molecular weight excluding hydrogens is 421 g/mol. The zero-order valence-electron chi connectivity index (χ0n) is 15.3. The smallest absolute Gasteiger partial charge is 0.335 e. The Balaban J connectivity index is 0.00000122. The van der Waals surface area contributed by atoms with Gasteiger partial charge < -0.3 is 9.84 Å². The fraction of sp³-hybridized carbons (Fsp3) is 0.250. The average molecular weight is 441 g/mol. The molecule has 5 nitrogen and oxygen atoms in total. The van der Waals surface area contributed by atoms with Crippen LogP contribution in [0.3, 0.4) is 0 Å². The molecule has 0 unspecified atom stereocenters. The molecule has 2 rings (SSSR count). The van der Waals surface area contributed by atoms with E-state index in [1.807, 2.05) is 24.3 Å². The summed E-state index contributed by atoms with van der Waals surface area (Å²) >= 11 is 17.4. The topological polar surface area (TPSA) is 68.1 Å². The standard InChI is InChI=1S/C17H16Cl3N3O2.C3H4/c18-7-5-13(9-15(20)11-24)16-10-21-17(23-22-16)25-8-6-12-1-3-14(19)4-2-12;1-3-2/h1-5,9-10,24H,6-8,11H2;1H,2H3/b13-5+,15-9+;.